The van der Waals surface area contributed by atoms with Gasteiger partial charge in [0, 0.05) is 6.04 Å². The lowest BCUT2D eigenvalue weighted by atomic mass is 9.87. The van der Waals surface area contributed by atoms with Gasteiger partial charge in [0.2, 0.25) is 0 Å². The summed E-state index contributed by atoms with van der Waals surface area (Å²) in [5.41, 5.74) is 0.986. The molecule has 1 saturated heterocycles. The summed E-state index contributed by atoms with van der Waals surface area (Å²) >= 11 is 0. The highest BCUT2D eigenvalue weighted by atomic mass is 19.1. The molecule has 4 heteroatoms. The molecule has 0 bridgehead atoms. The van der Waals surface area contributed by atoms with Crippen molar-refractivity contribution in [2.75, 3.05) is 13.6 Å². The van der Waals surface area contributed by atoms with E-state index in [1.54, 1.807) is 12.1 Å². The normalized spacial score (nSPS) is 25.8. The Hall–Kier alpha value is -1.42. The molecule has 1 aromatic rings. The summed E-state index contributed by atoms with van der Waals surface area (Å²) in [6.45, 7) is 0.763. The van der Waals surface area contributed by atoms with Gasteiger partial charge < -0.3 is 5.11 Å². The van der Waals surface area contributed by atoms with E-state index in [9.17, 15) is 9.18 Å². The Balaban J connectivity index is 2.17. The molecule has 1 N–H and O–H groups in total. The van der Waals surface area contributed by atoms with Crippen molar-refractivity contribution in [2.24, 2.45) is 5.92 Å². The highest BCUT2D eigenvalue weighted by Gasteiger charge is 2.30. The lowest BCUT2D eigenvalue weighted by Crippen LogP contribution is -2.36. The van der Waals surface area contributed by atoms with E-state index >= 15 is 0 Å². The third-order valence-corrected chi connectivity index (χ3v) is 3.47. The van der Waals surface area contributed by atoms with E-state index in [1.165, 1.54) is 12.1 Å². The zero-order valence-electron chi connectivity index (χ0n) is 9.77. The second-order valence-corrected chi connectivity index (χ2v) is 4.61. The summed E-state index contributed by atoms with van der Waals surface area (Å²) in [6.07, 6.45) is 1.28. The number of halogens is 1. The smallest absolute Gasteiger partial charge is 0.306 e. The molecule has 0 radical (unpaired) electrons. The van der Waals surface area contributed by atoms with E-state index in [4.69, 9.17) is 5.11 Å². The molecule has 1 aromatic carbocycles. The Morgan fingerprint density at radius 3 is 2.65 bits per heavy atom. The van der Waals surface area contributed by atoms with Crippen LogP contribution in [0.4, 0.5) is 4.39 Å². The molecule has 92 valence electrons. The second-order valence-electron chi connectivity index (χ2n) is 4.61. The number of piperidine rings is 1. The monoisotopic (exact) mass is 237 g/mol. The second kappa shape index (κ2) is 4.84. The number of aliphatic carboxylic acids is 1. The van der Waals surface area contributed by atoms with E-state index in [1.807, 2.05) is 7.05 Å². The van der Waals surface area contributed by atoms with Gasteiger partial charge in [-0.15, -0.1) is 0 Å². The van der Waals surface area contributed by atoms with Gasteiger partial charge in [0.05, 0.1) is 5.92 Å². The van der Waals surface area contributed by atoms with Gasteiger partial charge in [-0.3, -0.25) is 9.69 Å². The Bertz CT molecular complexity index is 404. The van der Waals surface area contributed by atoms with Crippen molar-refractivity contribution in [1.82, 2.24) is 4.90 Å². The predicted molar refractivity (Wildman–Crippen MR) is 62.1 cm³/mol. The fourth-order valence-corrected chi connectivity index (χ4v) is 2.38. The largest absolute Gasteiger partial charge is 0.481 e. The van der Waals surface area contributed by atoms with E-state index < -0.39 is 5.97 Å². The number of benzene rings is 1. The average molecular weight is 237 g/mol. The van der Waals surface area contributed by atoms with Gasteiger partial charge in [-0.1, -0.05) is 12.1 Å². The number of nitrogens with zero attached hydrogens (tertiary/aromatic N) is 1. The molecule has 0 aromatic heterocycles. The van der Waals surface area contributed by atoms with Crippen molar-refractivity contribution in [3.05, 3.63) is 35.6 Å². The maximum Gasteiger partial charge on any atom is 0.306 e. The molecule has 17 heavy (non-hydrogen) atoms. The number of likely N-dealkylation sites (tertiary alicyclic amines) is 1. The summed E-state index contributed by atoms with van der Waals surface area (Å²) in [5.74, 6) is -1.28. The number of carbonyl (C=O) groups is 1. The molecule has 0 spiro atoms. The lowest BCUT2D eigenvalue weighted by molar-refractivity contribution is -0.144. The zero-order valence-corrected chi connectivity index (χ0v) is 9.77. The number of hydrogen-bond donors (Lipinski definition) is 1. The Morgan fingerprint density at radius 2 is 2.06 bits per heavy atom. The molecular weight excluding hydrogens is 221 g/mol. The summed E-state index contributed by atoms with van der Waals surface area (Å²) < 4.78 is 12.8. The molecule has 3 nitrogen and oxygen atoms in total. The van der Waals surface area contributed by atoms with Crippen LogP contribution in [0.25, 0.3) is 0 Å². The van der Waals surface area contributed by atoms with Crippen LogP contribution in [0.3, 0.4) is 0 Å². The average Bonchev–Trinajstić information content (AvgIpc) is 2.31. The third kappa shape index (κ3) is 2.64. The standard InChI is InChI=1S/C13H16FNO2/c1-15-7-6-10(13(16)17)8-12(15)9-2-4-11(14)5-3-9/h2-5,10,12H,6-8H2,1H3,(H,16,17). The minimum Gasteiger partial charge on any atom is -0.481 e. The predicted octanol–water partition coefficient (Wildman–Crippen LogP) is 2.29. The molecule has 1 aliphatic rings. The molecule has 2 atom stereocenters. The van der Waals surface area contributed by atoms with Crippen LogP contribution in [0.15, 0.2) is 24.3 Å². The van der Waals surface area contributed by atoms with Crippen LogP contribution in [0, 0.1) is 11.7 Å². The maximum absolute atomic E-state index is 12.8. The van der Waals surface area contributed by atoms with Gasteiger partial charge in [-0.05, 0) is 44.1 Å². The molecule has 0 aliphatic carbocycles. The molecule has 0 saturated carbocycles. The Kier molecular flexibility index (Phi) is 3.43. The van der Waals surface area contributed by atoms with Crippen LogP contribution in [0.5, 0.6) is 0 Å². The van der Waals surface area contributed by atoms with Gasteiger partial charge in [0.15, 0.2) is 0 Å². The number of carboxylic acid groups (broad SMARTS) is 1. The topological polar surface area (TPSA) is 40.5 Å². The van der Waals surface area contributed by atoms with Gasteiger partial charge in [-0.2, -0.15) is 0 Å². The highest BCUT2D eigenvalue weighted by molar-refractivity contribution is 5.70. The van der Waals surface area contributed by atoms with Crippen LogP contribution < -0.4 is 0 Å². The quantitative estimate of drug-likeness (QED) is 0.858. The maximum atomic E-state index is 12.8. The molecule has 0 amide bonds. The van der Waals surface area contributed by atoms with Crippen LogP contribution in [0.2, 0.25) is 0 Å². The SMILES string of the molecule is CN1CCC(C(=O)O)CC1c1ccc(F)cc1. The summed E-state index contributed by atoms with van der Waals surface area (Å²) in [7, 11) is 1.98. The first kappa shape index (κ1) is 12.0. The van der Waals surface area contributed by atoms with Crippen LogP contribution >= 0.6 is 0 Å². The molecule has 2 unspecified atom stereocenters. The van der Waals surface area contributed by atoms with Crippen molar-refractivity contribution >= 4 is 5.97 Å². The van der Waals surface area contributed by atoms with Crippen LogP contribution in [-0.4, -0.2) is 29.6 Å². The van der Waals surface area contributed by atoms with Crippen molar-refractivity contribution in [2.45, 2.75) is 18.9 Å². The van der Waals surface area contributed by atoms with Crippen molar-refractivity contribution in [1.29, 1.82) is 0 Å². The van der Waals surface area contributed by atoms with Crippen molar-refractivity contribution < 1.29 is 14.3 Å². The number of hydrogen-bond acceptors (Lipinski definition) is 2. The van der Waals surface area contributed by atoms with E-state index in [2.05, 4.69) is 4.90 Å². The number of rotatable bonds is 2. The lowest BCUT2D eigenvalue weighted by Gasteiger charge is -2.35. The first-order valence-electron chi connectivity index (χ1n) is 5.76. The summed E-state index contributed by atoms with van der Waals surface area (Å²) in [5, 5.41) is 9.05. The fourth-order valence-electron chi connectivity index (χ4n) is 2.38. The highest BCUT2D eigenvalue weighted by Crippen LogP contribution is 2.33. The van der Waals surface area contributed by atoms with Crippen LogP contribution in [0.1, 0.15) is 24.4 Å². The third-order valence-electron chi connectivity index (χ3n) is 3.47. The van der Waals surface area contributed by atoms with Crippen molar-refractivity contribution in [3.63, 3.8) is 0 Å². The van der Waals surface area contributed by atoms with E-state index in [0.29, 0.717) is 12.8 Å². The van der Waals surface area contributed by atoms with Gasteiger partial charge in [0.25, 0.3) is 0 Å². The Labute approximate surface area is 99.9 Å². The van der Waals surface area contributed by atoms with Gasteiger partial charge in [-0.25, -0.2) is 4.39 Å². The fraction of sp³-hybridized carbons (Fsp3) is 0.462. The Morgan fingerprint density at radius 1 is 1.41 bits per heavy atom. The first-order chi connectivity index (χ1) is 8.08. The van der Waals surface area contributed by atoms with E-state index in [-0.39, 0.29) is 17.8 Å². The van der Waals surface area contributed by atoms with E-state index in [0.717, 1.165) is 12.1 Å². The molecular formula is C13H16FNO2. The van der Waals surface area contributed by atoms with Crippen LogP contribution in [-0.2, 0) is 4.79 Å². The molecule has 1 heterocycles. The minimum absolute atomic E-state index is 0.0745. The summed E-state index contributed by atoms with van der Waals surface area (Å²) in [6, 6.07) is 6.40. The molecule has 1 aliphatic heterocycles. The number of carboxylic acids is 1. The zero-order chi connectivity index (χ0) is 12.4. The molecule has 2 rings (SSSR count). The van der Waals surface area contributed by atoms with Crippen molar-refractivity contribution in [3.8, 4) is 0 Å². The first-order valence-corrected chi connectivity index (χ1v) is 5.76. The van der Waals surface area contributed by atoms with Gasteiger partial charge >= 0.3 is 5.97 Å². The van der Waals surface area contributed by atoms with Gasteiger partial charge in [0.1, 0.15) is 5.82 Å². The molecule has 1 fully saturated rings. The minimum atomic E-state index is -0.731. The summed E-state index contributed by atoms with van der Waals surface area (Å²) in [4.78, 5) is 13.1.